The molecule has 0 amide bonds. The minimum atomic E-state index is -0.794. The Morgan fingerprint density at radius 1 is 0.304 bits per heavy atom. The molecule has 0 heterocycles. The van der Waals surface area contributed by atoms with Crippen molar-refractivity contribution in [1.29, 1.82) is 0 Å². The summed E-state index contributed by atoms with van der Waals surface area (Å²) < 4.78 is 16.9. The summed E-state index contributed by atoms with van der Waals surface area (Å²) >= 11 is 0. The molecule has 0 saturated carbocycles. The zero-order valence-electron chi connectivity index (χ0n) is 45.8. The van der Waals surface area contributed by atoms with Gasteiger partial charge in [0, 0.05) is 19.3 Å². The van der Waals surface area contributed by atoms with Crippen molar-refractivity contribution < 1.29 is 28.6 Å². The minimum absolute atomic E-state index is 0.0880. The van der Waals surface area contributed by atoms with Gasteiger partial charge in [-0.15, -0.1) is 0 Å². The number of hydrogen-bond donors (Lipinski definition) is 0. The Labute approximate surface area is 428 Å². The van der Waals surface area contributed by atoms with Crippen LogP contribution in [0.15, 0.2) is 60.8 Å². The number of esters is 3. The topological polar surface area (TPSA) is 78.9 Å². The van der Waals surface area contributed by atoms with Gasteiger partial charge in [0.25, 0.3) is 0 Å². The van der Waals surface area contributed by atoms with E-state index in [1.165, 1.54) is 180 Å². The van der Waals surface area contributed by atoms with Gasteiger partial charge >= 0.3 is 17.9 Å². The van der Waals surface area contributed by atoms with Crippen molar-refractivity contribution in [3.05, 3.63) is 60.8 Å². The Kier molecular flexibility index (Phi) is 55.3. The van der Waals surface area contributed by atoms with Crippen LogP contribution in [0.2, 0.25) is 0 Å². The average Bonchev–Trinajstić information content (AvgIpc) is 3.35. The van der Waals surface area contributed by atoms with Crippen molar-refractivity contribution in [3.8, 4) is 0 Å². The maximum absolute atomic E-state index is 12.8. The average molecular weight is 966 g/mol. The molecule has 0 aliphatic rings. The van der Waals surface area contributed by atoms with Crippen LogP contribution in [-0.2, 0) is 28.6 Å². The zero-order chi connectivity index (χ0) is 50.0. The lowest BCUT2D eigenvalue weighted by molar-refractivity contribution is -0.167. The molecule has 69 heavy (non-hydrogen) atoms. The zero-order valence-corrected chi connectivity index (χ0v) is 45.8. The van der Waals surface area contributed by atoms with Crippen LogP contribution in [-0.4, -0.2) is 37.2 Å². The van der Waals surface area contributed by atoms with Crippen LogP contribution in [0.5, 0.6) is 0 Å². The fourth-order valence-electron chi connectivity index (χ4n) is 8.55. The van der Waals surface area contributed by atoms with Crippen molar-refractivity contribution in [2.24, 2.45) is 0 Å². The summed E-state index contributed by atoms with van der Waals surface area (Å²) in [5.41, 5.74) is 0. The molecule has 400 valence electrons. The molecule has 0 spiro atoms. The van der Waals surface area contributed by atoms with Crippen molar-refractivity contribution in [2.75, 3.05) is 13.2 Å². The minimum Gasteiger partial charge on any atom is -0.462 e. The third kappa shape index (κ3) is 55.9. The van der Waals surface area contributed by atoms with Gasteiger partial charge in [0.2, 0.25) is 0 Å². The van der Waals surface area contributed by atoms with Gasteiger partial charge in [0.05, 0.1) is 0 Å². The van der Waals surface area contributed by atoms with E-state index in [2.05, 4.69) is 81.5 Å². The summed E-state index contributed by atoms with van der Waals surface area (Å²) in [6.45, 7) is 6.52. The molecule has 0 saturated heterocycles. The molecule has 1 atom stereocenters. The predicted octanol–water partition coefficient (Wildman–Crippen LogP) is 20.0. The predicted molar refractivity (Wildman–Crippen MR) is 298 cm³/mol. The van der Waals surface area contributed by atoms with E-state index in [4.69, 9.17) is 14.2 Å². The highest BCUT2D eigenvalue weighted by Crippen LogP contribution is 2.16. The van der Waals surface area contributed by atoms with E-state index in [0.29, 0.717) is 19.3 Å². The molecule has 0 N–H and O–H groups in total. The molecule has 0 aliphatic heterocycles. The second-order valence-electron chi connectivity index (χ2n) is 19.9. The molecule has 0 aromatic rings. The number of unbranched alkanes of at least 4 members (excludes halogenated alkanes) is 33. The van der Waals surface area contributed by atoms with Crippen LogP contribution in [0.3, 0.4) is 0 Å². The number of ether oxygens (including phenoxy) is 3. The second-order valence-corrected chi connectivity index (χ2v) is 19.9. The Hall–Kier alpha value is -2.89. The largest absolute Gasteiger partial charge is 0.462 e. The van der Waals surface area contributed by atoms with Gasteiger partial charge < -0.3 is 14.2 Å². The Morgan fingerprint density at radius 3 is 0.928 bits per heavy atom. The van der Waals surface area contributed by atoms with Crippen LogP contribution < -0.4 is 0 Å². The van der Waals surface area contributed by atoms with Crippen molar-refractivity contribution in [2.45, 2.75) is 309 Å². The lowest BCUT2D eigenvalue weighted by Crippen LogP contribution is -2.30. The summed E-state index contributed by atoms with van der Waals surface area (Å²) in [4.78, 5) is 38.2. The molecule has 0 rings (SSSR count). The van der Waals surface area contributed by atoms with Crippen molar-refractivity contribution >= 4 is 17.9 Å². The third-order valence-corrected chi connectivity index (χ3v) is 13.0. The van der Waals surface area contributed by atoms with Crippen LogP contribution in [0.4, 0.5) is 0 Å². The SMILES string of the molecule is CC/C=C\C/C=C\C/C=C\C/C=C\CCCCC(=O)O[C@H](COC(=O)CCCCCCCCCCCCC/C=C\CCCCCCCC)COC(=O)CCCCCCCCCCCCCCCCC. The Balaban J connectivity index is 4.36. The fourth-order valence-corrected chi connectivity index (χ4v) is 8.55. The van der Waals surface area contributed by atoms with Gasteiger partial charge in [0.1, 0.15) is 13.2 Å². The Morgan fingerprint density at radius 2 is 0.565 bits per heavy atom. The number of rotatable bonds is 54. The first-order valence-corrected chi connectivity index (χ1v) is 29.8. The van der Waals surface area contributed by atoms with E-state index in [-0.39, 0.29) is 37.5 Å². The van der Waals surface area contributed by atoms with Gasteiger partial charge in [0.15, 0.2) is 6.10 Å². The quantitative estimate of drug-likeness (QED) is 0.0262. The van der Waals surface area contributed by atoms with E-state index in [0.717, 1.165) is 77.0 Å². The first-order valence-electron chi connectivity index (χ1n) is 29.8. The van der Waals surface area contributed by atoms with Crippen LogP contribution in [0.25, 0.3) is 0 Å². The smallest absolute Gasteiger partial charge is 0.306 e. The molecule has 0 aliphatic carbocycles. The van der Waals surface area contributed by atoms with Gasteiger partial charge in [-0.05, 0) is 83.5 Å². The maximum Gasteiger partial charge on any atom is 0.306 e. The lowest BCUT2D eigenvalue weighted by Gasteiger charge is -2.18. The number of hydrogen-bond acceptors (Lipinski definition) is 6. The van der Waals surface area contributed by atoms with E-state index in [1.807, 2.05) is 0 Å². The molecule has 0 aromatic carbocycles. The summed E-state index contributed by atoms with van der Waals surface area (Å²) in [6.07, 6.45) is 72.2. The van der Waals surface area contributed by atoms with E-state index >= 15 is 0 Å². The molecule has 0 aromatic heterocycles. The number of carbonyl (C=O) groups is 3. The Bertz CT molecular complexity index is 1250. The molecule has 0 bridgehead atoms. The first-order chi connectivity index (χ1) is 34.0. The summed E-state index contributed by atoms with van der Waals surface area (Å²) in [5, 5.41) is 0. The molecular formula is C63H112O6. The molecule has 6 nitrogen and oxygen atoms in total. The third-order valence-electron chi connectivity index (χ3n) is 13.0. The second kappa shape index (κ2) is 57.7. The molecule has 0 unspecified atom stereocenters. The highest BCUT2D eigenvalue weighted by Gasteiger charge is 2.19. The maximum atomic E-state index is 12.8. The van der Waals surface area contributed by atoms with E-state index in [1.54, 1.807) is 0 Å². The van der Waals surface area contributed by atoms with Gasteiger partial charge in [-0.1, -0.05) is 261 Å². The van der Waals surface area contributed by atoms with Crippen LogP contribution in [0, 0.1) is 0 Å². The monoisotopic (exact) mass is 965 g/mol. The molecular weight excluding hydrogens is 853 g/mol. The highest BCUT2D eigenvalue weighted by atomic mass is 16.6. The molecule has 0 radical (unpaired) electrons. The molecule has 0 fully saturated rings. The fraction of sp³-hybridized carbons (Fsp3) is 0.794. The van der Waals surface area contributed by atoms with Gasteiger partial charge in [-0.3, -0.25) is 14.4 Å². The van der Waals surface area contributed by atoms with E-state index < -0.39 is 6.10 Å². The molecule has 6 heteroatoms. The van der Waals surface area contributed by atoms with Gasteiger partial charge in [-0.2, -0.15) is 0 Å². The number of carbonyl (C=O) groups excluding carboxylic acids is 3. The van der Waals surface area contributed by atoms with Crippen molar-refractivity contribution in [1.82, 2.24) is 0 Å². The van der Waals surface area contributed by atoms with E-state index in [9.17, 15) is 14.4 Å². The summed E-state index contributed by atoms with van der Waals surface area (Å²) in [5.74, 6) is -0.917. The van der Waals surface area contributed by atoms with Crippen LogP contribution in [0.1, 0.15) is 303 Å². The highest BCUT2D eigenvalue weighted by molar-refractivity contribution is 5.71. The first kappa shape index (κ1) is 66.1. The summed E-state index contributed by atoms with van der Waals surface area (Å²) in [7, 11) is 0. The summed E-state index contributed by atoms with van der Waals surface area (Å²) in [6, 6.07) is 0. The number of allylic oxidation sites excluding steroid dienone is 10. The standard InChI is InChI=1S/C63H112O6/c1-4-7-10-13-16-19-22-25-28-29-30-31-32-33-36-38-41-44-47-50-53-56-62(65)68-59-60(69-63(66)57-54-51-48-45-42-39-35-27-24-21-18-15-12-9-6-3)58-67-61(64)55-52-49-46-43-40-37-34-26-23-20-17-14-11-8-5-2/h9,12,18,21,25,27-28,35,42,45,60H,4-8,10-11,13-17,19-20,22-24,26,29-34,36-41,43-44,46-59H2,1-3H3/b12-9-,21-18-,28-25-,35-27-,45-42-/t60-/m0/s1. The van der Waals surface area contributed by atoms with Crippen LogP contribution >= 0.6 is 0 Å². The lowest BCUT2D eigenvalue weighted by atomic mass is 10.0. The van der Waals surface area contributed by atoms with Gasteiger partial charge in [-0.25, -0.2) is 0 Å². The normalized spacial score (nSPS) is 12.4. The van der Waals surface area contributed by atoms with Crippen molar-refractivity contribution in [3.63, 3.8) is 0 Å².